The molecule has 0 aliphatic heterocycles. The lowest BCUT2D eigenvalue weighted by atomic mass is 9.98. The van der Waals surface area contributed by atoms with Gasteiger partial charge in [-0.3, -0.25) is 0 Å². The van der Waals surface area contributed by atoms with Crippen molar-refractivity contribution >= 4 is 22.7 Å². The van der Waals surface area contributed by atoms with Crippen molar-refractivity contribution < 1.29 is 0 Å². The molecule has 0 bridgehead atoms. The summed E-state index contributed by atoms with van der Waals surface area (Å²) < 4.78 is 0. The Balaban J connectivity index is 2.32. The first-order valence-electron chi connectivity index (χ1n) is 4.08. The lowest BCUT2D eigenvalue weighted by Crippen LogP contribution is -1.96. The highest BCUT2D eigenvalue weighted by atomic mass is 32.1. The molecule has 1 aliphatic rings. The maximum Gasteiger partial charge on any atom is 0.0128 e. The van der Waals surface area contributed by atoms with Crippen LogP contribution in [0.25, 0.3) is 11.1 Å². The molecular formula is C10H8S2. The van der Waals surface area contributed by atoms with Gasteiger partial charge in [0.05, 0.1) is 0 Å². The van der Waals surface area contributed by atoms with E-state index in [9.17, 15) is 0 Å². The predicted octanol–water partition coefficient (Wildman–Crippen LogP) is 3.58. The van der Waals surface area contributed by atoms with Gasteiger partial charge in [-0.2, -0.15) is 0 Å². The molecule has 12 heavy (non-hydrogen) atoms. The predicted molar refractivity (Wildman–Crippen MR) is 55.0 cm³/mol. The smallest absolute Gasteiger partial charge is 0.0128 e. The van der Waals surface area contributed by atoms with Crippen LogP contribution in [0.2, 0.25) is 0 Å². The molecule has 3 rings (SSSR count). The second-order valence-electron chi connectivity index (χ2n) is 3.01. The summed E-state index contributed by atoms with van der Waals surface area (Å²) in [4.78, 5) is 3.14. The van der Waals surface area contributed by atoms with Crippen molar-refractivity contribution in [3.8, 4) is 11.1 Å². The second-order valence-corrected chi connectivity index (χ2v) is 5.02. The van der Waals surface area contributed by atoms with E-state index in [-0.39, 0.29) is 0 Å². The van der Waals surface area contributed by atoms with E-state index in [2.05, 4.69) is 22.9 Å². The molecule has 2 aromatic rings. The van der Waals surface area contributed by atoms with Crippen molar-refractivity contribution in [3.05, 3.63) is 32.6 Å². The van der Waals surface area contributed by atoms with Crippen molar-refractivity contribution in [2.45, 2.75) is 12.8 Å². The van der Waals surface area contributed by atoms with Gasteiger partial charge < -0.3 is 0 Å². The second kappa shape index (κ2) is 2.44. The van der Waals surface area contributed by atoms with Gasteiger partial charge in [-0.1, -0.05) is 0 Å². The Morgan fingerprint density at radius 2 is 1.33 bits per heavy atom. The molecule has 0 N–H and O–H groups in total. The van der Waals surface area contributed by atoms with E-state index in [1.54, 1.807) is 9.75 Å². The molecule has 0 saturated heterocycles. The highest BCUT2D eigenvalue weighted by molar-refractivity contribution is 7.11. The monoisotopic (exact) mass is 192 g/mol. The molecule has 2 heteroatoms. The summed E-state index contributed by atoms with van der Waals surface area (Å²) in [5, 5.41) is 4.41. The van der Waals surface area contributed by atoms with Crippen LogP contribution in [0.3, 0.4) is 0 Å². The first kappa shape index (κ1) is 6.87. The van der Waals surface area contributed by atoms with Crippen molar-refractivity contribution in [3.63, 3.8) is 0 Å². The molecule has 0 fully saturated rings. The molecule has 2 aromatic heterocycles. The van der Waals surface area contributed by atoms with E-state index in [1.165, 1.54) is 24.0 Å². The number of thiophene rings is 2. The lowest BCUT2D eigenvalue weighted by Gasteiger charge is -2.10. The Hall–Kier alpha value is -0.600. The van der Waals surface area contributed by atoms with Crippen LogP contribution in [0.15, 0.2) is 22.9 Å². The van der Waals surface area contributed by atoms with Crippen LogP contribution in [0.5, 0.6) is 0 Å². The van der Waals surface area contributed by atoms with Gasteiger partial charge >= 0.3 is 0 Å². The molecule has 0 saturated carbocycles. The summed E-state index contributed by atoms with van der Waals surface area (Å²) in [5.41, 5.74) is 2.98. The van der Waals surface area contributed by atoms with Crippen LogP contribution in [-0.4, -0.2) is 0 Å². The molecule has 60 valence electrons. The number of hydrogen-bond donors (Lipinski definition) is 0. The van der Waals surface area contributed by atoms with Gasteiger partial charge in [0.25, 0.3) is 0 Å². The van der Waals surface area contributed by atoms with Gasteiger partial charge in [0.1, 0.15) is 0 Å². The molecule has 2 heterocycles. The normalized spacial score (nSPS) is 14.0. The fraction of sp³-hybridized carbons (Fsp3) is 0.200. The topological polar surface area (TPSA) is 0 Å². The summed E-state index contributed by atoms with van der Waals surface area (Å²) in [6.45, 7) is 0. The largest absolute Gasteiger partial charge is 0.148 e. The van der Waals surface area contributed by atoms with Gasteiger partial charge in [0.15, 0.2) is 0 Å². The molecule has 0 nitrogen and oxygen atoms in total. The minimum Gasteiger partial charge on any atom is -0.148 e. The summed E-state index contributed by atoms with van der Waals surface area (Å²) in [7, 11) is 0. The summed E-state index contributed by atoms with van der Waals surface area (Å²) >= 11 is 3.79. The fourth-order valence-corrected chi connectivity index (χ4v) is 3.56. The van der Waals surface area contributed by atoms with Crippen LogP contribution in [0, 0.1) is 0 Å². The van der Waals surface area contributed by atoms with Crippen molar-refractivity contribution in [2.75, 3.05) is 0 Å². The summed E-state index contributed by atoms with van der Waals surface area (Å²) in [6.07, 6.45) is 2.50. The molecule has 0 unspecified atom stereocenters. The van der Waals surface area contributed by atoms with Gasteiger partial charge in [-0.25, -0.2) is 0 Å². The molecule has 0 aromatic carbocycles. The molecule has 0 amide bonds. The van der Waals surface area contributed by atoms with Crippen LogP contribution in [0.4, 0.5) is 0 Å². The number of aryl methyl sites for hydroxylation is 2. The van der Waals surface area contributed by atoms with E-state index in [0.717, 1.165) is 0 Å². The van der Waals surface area contributed by atoms with Crippen LogP contribution in [0.1, 0.15) is 9.75 Å². The minimum absolute atomic E-state index is 1.25. The van der Waals surface area contributed by atoms with Gasteiger partial charge in [-0.05, 0) is 46.9 Å². The van der Waals surface area contributed by atoms with Crippen LogP contribution in [-0.2, 0) is 12.8 Å². The minimum atomic E-state index is 1.25. The molecule has 1 aliphatic carbocycles. The van der Waals surface area contributed by atoms with Gasteiger partial charge in [-0.15, -0.1) is 22.7 Å². The lowest BCUT2D eigenvalue weighted by molar-refractivity contribution is 0.988. The Labute approximate surface area is 79.5 Å². The Morgan fingerprint density at radius 3 is 1.83 bits per heavy atom. The molecule has 0 spiro atoms. The summed E-state index contributed by atoms with van der Waals surface area (Å²) in [6, 6.07) is 4.51. The quantitative estimate of drug-likeness (QED) is 0.598. The Morgan fingerprint density at radius 1 is 0.833 bits per heavy atom. The third-order valence-corrected chi connectivity index (χ3v) is 4.32. The van der Waals surface area contributed by atoms with Gasteiger partial charge in [0.2, 0.25) is 0 Å². The van der Waals surface area contributed by atoms with E-state index >= 15 is 0 Å². The number of fused-ring (bicyclic) bond motifs is 3. The first-order valence-corrected chi connectivity index (χ1v) is 5.84. The fourth-order valence-electron chi connectivity index (χ4n) is 1.78. The Kier molecular flexibility index (Phi) is 1.40. The SMILES string of the molecule is c1cc2c(s1)CCc1sccc1-2. The van der Waals surface area contributed by atoms with Crippen molar-refractivity contribution in [1.82, 2.24) is 0 Å². The number of rotatable bonds is 0. The first-order chi connectivity index (χ1) is 5.95. The van der Waals surface area contributed by atoms with E-state index in [1.807, 2.05) is 22.7 Å². The summed E-state index contributed by atoms with van der Waals surface area (Å²) in [5.74, 6) is 0. The van der Waals surface area contributed by atoms with Crippen LogP contribution >= 0.6 is 22.7 Å². The maximum atomic E-state index is 2.25. The standard InChI is InChI=1S/C10H8S2/c1-2-10-8(4-6-12-10)7-3-5-11-9(1)7/h3-6H,1-2H2. The number of hydrogen-bond acceptors (Lipinski definition) is 2. The average molecular weight is 192 g/mol. The zero-order valence-corrected chi connectivity index (χ0v) is 8.17. The van der Waals surface area contributed by atoms with Crippen LogP contribution < -0.4 is 0 Å². The van der Waals surface area contributed by atoms with Crippen molar-refractivity contribution in [2.24, 2.45) is 0 Å². The van der Waals surface area contributed by atoms with Crippen molar-refractivity contribution in [1.29, 1.82) is 0 Å². The average Bonchev–Trinajstić information content (AvgIpc) is 2.71. The molecular weight excluding hydrogens is 184 g/mol. The van der Waals surface area contributed by atoms with E-state index in [4.69, 9.17) is 0 Å². The highest BCUT2D eigenvalue weighted by Gasteiger charge is 2.17. The van der Waals surface area contributed by atoms with Gasteiger partial charge in [0, 0.05) is 9.75 Å². The molecule has 0 radical (unpaired) electrons. The third kappa shape index (κ3) is 0.822. The Bertz CT molecular complexity index is 369. The molecule has 0 atom stereocenters. The van der Waals surface area contributed by atoms with E-state index < -0.39 is 0 Å². The zero-order valence-electron chi connectivity index (χ0n) is 6.54. The zero-order chi connectivity index (χ0) is 7.97. The maximum absolute atomic E-state index is 2.25. The van der Waals surface area contributed by atoms with E-state index in [0.29, 0.717) is 0 Å². The third-order valence-electron chi connectivity index (χ3n) is 2.36. The highest BCUT2D eigenvalue weighted by Crippen LogP contribution is 2.38.